The summed E-state index contributed by atoms with van der Waals surface area (Å²) in [6, 6.07) is 9.33. The molecule has 1 aromatic rings. The number of hydrogen-bond donors (Lipinski definition) is 1. The molecule has 2 rings (SSSR count). The Hall–Kier alpha value is -1.06. The summed E-state index contributed by atoms with van der Waals surface area (Å²) in [5, 5.41) is 8.73. The summed E-state index contributed by atoms with van der Waals surface area (Å²) in [7, 11) is 2.22. The molecule has 0 saturated carbocycles. The molecule has 25 heavy (non-hydrogen) atoms. The second kappa shape index (κ2) is 12.3. The smallest absolute Gasteiger partial charge is 0.119 e. The van der Waals surface area contributed by atoms with Crippen molar-refractivity contribution in [3.63, 3.8) is 0 Å². The molecule has 1 fully saturated rings. The molecule has 1 N–H and O–H groups in total. The minimum absolute atomic E-state index is 0.348. The average molecular weight is 348 g/mol. The van der Waals surface area contributed by atoms with E-state index in [0.29, 0.717) is 12.6 Å². The maximum atomic E-state index is 8.73. The van der Waals surface area contributed by atoms with E-state index in [4.69, 9.17) is 9.84 Å². The lowest BCUT2D eigenvalue weighted by molar-refractivity contribution is 0.282. The maximum absolute atomic E-state index is 8.73. The van der Waals surface area contributed by atoms with Crippen LogP contribution in [0.1, 0.15) is 82.2 Å². The van der Waals surface area contributed by atoms with Gasteiger partial charge in [0.15, 0.2) is 0 Å². The fraction of sp³-hybridized carbons (Fsp3) is 0.727. The molecular weight excluding hydrogens is 310 g/mol. The molecule has 3 nitrogen and oxygen atoms in total. The molecule has 1 aromatic carbocycles. The molecule has 1 heterocycles. The van der Waals surface area contributed by atoms with Gasteiger partial charge < -0.3 is 9.84 Å². The van der Waals surface area contributed by atoms with Gasteiger partial charge in [0.05, 0.1) is 6.61 Å². The monoisotopic (exact) mass is 347 g/mol. The van der Waals surface area contributed by atoms with Crippen molar-refractivity contribution in [2.45, 2.75) is 76.7 Å². The van der Waals surface area contributed by atoms with Gasteiger partial charge in [0.2, 0.25) is 0 Å². The zero-order valence-electron chi connectivity index (χ0n) is 16.1. The average Bonchev–Trinajstić information content (AvgIpc) is 3.06. The highest BCUT2D eigenvalue weighted by molar-refractivity contribution is 5.29. The van der Waals surface area contributed by atoms with E-state index in [-0.39, 0.29) is 0 Å². The molecule has 1 saturated heterocycles. The van der Waals surface area contributed by atoms with Gasteiger partial charge in [-0.25, -0.2) is 0 Å². The molecule has 1 atom stereocenters. The number of unbranched alkanes of at least 4 members (excludes halogenated alkanes) is 8. The first-order valence-electron chi connectivity index (χ1n) is 10.3. The van der Waals surface area contributed by atoms with Crippen LogP contribution in [-0.4, -0.2) is 36.8 Å². The van der Waals surface area contributed by atoms with Gasteiger partial charge in [-0.15, -0.1) is 0 Å². The van der Waals surface area contributed by atoms with E-state index in [1.807, 2.05) is 0 Å². The third-order valence-corrected chi connectivity index (χ3v) is 5.36. The lowest BCUT2D eigenvalue weighted by atomic mass is 10.0. The quantitative estimate of drug-likeness (QED) is 0.489. The van der Waals surface area contributed by atoms with E-state index in [1.165, 1.54) is 69.9 Å². The highest BCUT2D eigenvalue weighted by Gasteiger charge is 2.22. The van der Waals surface area contributed by atoms with Gasteiger partial charge in [0.25, 0.3) is 0 Å². The van der Waals surface area contributed by atoms with Crippen molar-refractivity contribution >= 4 is 0 Å². The largest absolute Gasteiger partial charge is 0.494 e. The highest BCUT2D eigenvalue weighted by Crippen LogP contribution is 2.31. The second-order valence-electron chi connectivity index (χ2n) is 7.46. The van der Waals surface area contributed by atoms with Crippen LogP contribution in [0, 0.1) is 0 Å². The molecule has 0 bridgehead atoms. The number of hydrogen-bond acceptors (Lipinski definition) is 3. The van der Waals surface area contributed by atoms with Gasteiger partial charge >= 0.3 is 0 Å². The normalized spacial score (nSPS) is 17.9. The standard InChI is InChI=1S/C22H37NO2/c1-23-17-11-12-22(23)20-13-15-21(16-14-20)25-19-10-8-6-4-2-3-5-7-9-18-24/h13-16,22,24H,2-12,17-19H2,1H3. The fourth-order valence-electron chi connectivity index (χ4n) is 3.76. The number of aliphatic hydroxyl groups is 1. The molecule has 1 aliphatic rings. The van der Waals surface area contributed by atoms with E-state index in [2.05, 4.69) is 36.2 Å². The summed E-state index contributed by atoms with van der Waals surface area (Å²) in [4.78, 5) is 2.45. The summed E-state index contributed by atoms with van der Waals surface area (Å²) < 4.78 is 5.89. The number of ether oxygens (including phenoxy) is 1. The number of nitrogens with zero attached hydrogens (tertiary/aromatic N) is 1. The van der Waals surface area contributed by atoms with Crippen LogP contribution in [0.15, 0.2) is 24.3 Å². The summed E-state index contributed by atoms with van der Waals surface area (Å²) in [5.41, 5.74) is 1.42. The van der Waals surface area contributed by atoms with Crippen LogP contribution in [0.2, 0.25) is 0 Å². The second-order valence-corrected chi connectivity index (χ2v) is 7.46. The highest BCUT2D eigenvalue weighted by atomic mass is 16.5. The summed E-state index contributed by atoms with van der Waals surface area (Å²) >= 11 is 0. The van der Waals surface area contributed by atoms with Crippen molar-refractivity contribution in [2.75, 3.05) is 26.8 Å². The van der Waals surface area contributed by atoms with Crippen molar-refractivity contribution in [3.8, 4) is 5.75 Å². The molecule has 1 unspecified atom stereocenters. The molecule has 0 amide bonds. The lowest BCUT2D eigenvalue weighted by Gasteiger charge is -2.20. The lowest BCUT2D eigenvalue weighted by Crippen LogP contribution is -2.17. The number of likely N-dealkylation sites (tertiary alicyclic amines) is 1. The van der Waals surface area contributed by atoms with Gasteiger partial charge in [-0.05, 0) is 57.0 Å². The first-order chi connectivity index (χ1) is 12.3. The van der Waals surface area contributed by atoms with Crippen LogP contribution in [0.3, 0.4) is 0 Å². The number of rotatable bonds is 13. The van der Waals surface area contributed by atoms with E-state index in [9.17, 15) is 0 Å². The van der Waals surface area contributed by atoms with Crippen LogP contribution >= 0.6 is 0 Å². The van der Waals surface area contributed by atoms with Crippen LogP contribution in [-0.2, 0) is 0 Å². The predicted molar refractivity (Wildman–Crippen MR) is 105 cm³/mol. The topological polar surface area (TPSA) is 32.7 Å². The molecule has 0 radical (unpaired) electrons. The Morgan fingerprint density at radius 1 is 0.920 bits per heavy atom. The van der Waals surface area contributed by atoms with Gasteiger partial charge in [0, 0.05) is 12.6 Å². The van der Waals surface area contributed by atoms with Crippen molar-refractivity contribution in [2.24, 2.45) is 0 Å². The third kappa shape index (κ3) is 7.79. The van der Waals surface area contributed by atoms with Crippen molar-refractivity contribution in [3.05, 3.63) is 29.8 Å². The van der Waals surface area contributed by atoms with E-state index in [0.717, 1.165) is 25.2 Å². The number of benzene rings is 1. The Balaban J connectivity index is 1.48. The van der Waals surface area contributed by atoms with E-state index < -0.39 is 0 Å². The first-order valence-corrected chi connectivity index (χ1v) is 10.3. The third-order valence-electron chi connectivity index (χ3n) is 5.36. The van der Waals surface area contributed by atoms with Crippen molar-refractivity contribution in [1.82, 2.24) is 4.90 Å². The van der Waals surface area contributed by atoms with Crippen molar-refractivity contribution in [1.29, 1.82) is 0 Å². The van der Waals surface area contributed by atoms with Crippen molar-refractivity contribution < 1.29 is 9.84 Å². The van der Waals surface area contributed by atoms with Crippen LogP contribution in [0.25, 0.3) is 0 Å². The van der Waals surface area contributed by atoms with E-state index in [1.54, 1.807) is 0 Å². The Bertz CT molecular complexity index is 446. The Morgan fingerprint density at radius 3 is 2.08 bits per heavy atom. The van der Waals surface area contributed by atoms with Crippen LogP contribution in [0.4, 0.5) is 0 Å². The Morgan fingerprint density at radius 2 is 1.52 bits per heavy atom. The molecule has 0 aliphatic carbocycles. The number of aliphatic hydroxyl groups excluding tert-OH is 1. The van der Waals surface area contributed by atoms with Crippen LogP contribution < -0.4 is 4.74 Å². The molecular formula is C22H37NO2. The SMILES string of the molecule is CN1CCCC1c1ccc(OCCCCCCCCCCCO)cc1. The zero-order chi connectivity index (χ0) is 17.7. The van der Waals surface area contributed by atoms with Gasteiger partial charge in [0.1, 0.15) is 5.75 Å². The predicted octanol–water partition coefficient (Wildman–Crippen LogP) is 5.34. The van der Waals surface area contributed by atoms with Crippen LogP contribution in [0.5, 0.6) is 5.75 Å². The fourth-order valence-corrected chi connectivity index (χ4v) is 3.76. The molecule has 1 aliphatic heterocycles. The Kier molecular flexibility index (Phi) is 9.98. The van der Waals surface area contributed by atoms with E-state index >= 15 is 0 Å². The molecule has 3 heteroatoms. The molecule has 142 valence electrons. The molecule has 0 aromatic heterocycles. The maximum Gasteiger partial charge on any atom is 0.119 e. The van der Waals surface area contributed by atoms with Gasteiger partial charge in [-0.3, -0.25) is 4.90 Å². The summed E-state index contributed by atoms with van der Waals surface area (Å²) in [5.74, 6) is 1.01. The first kappa shape index (κ1) is 20.3. The summed E-state index contributed by atoms with van der Waals surface area (Å²) in [6.07, 6.45) is 13.7. The molecule has 0 spiro atoms. The zero-order valence-corrected chi connectivity index (χ0v) is 16.1. The Labute approximate surface area is 154 Å². The minimum Gasteiger partial charge on any atom is -0.494 e. The van der Waals surface area contributed by atoms with Gasteiger partial charge in [-0.1, -0.05) is 57.1 Å². The minimum atomic E-state index is 0.348. The van der Waals surface area contributed by atoms with Gasteiger partial charge in [-0.2, -0.15) is 0 Å². The summed E-state index contributed by atoms with van der Waals surface area (Å²) in [6.45, 7) is 2.39.